The van der Waals surface area contributed by atoms with Gasteiger partial charge in [0.1, 0.15) is 6.04 Å². The van der Waals surface area contributed by atoms with Crippen molar-refractivity contribution in [3.63, 3.8) is 0 Å². The van der Waals surface area contributed by atoms with E-state index in [2.05, 4.69) is 5.32 Å². The molecule has 7 heteroatoms. The van der Waals surface area contributed by atoms with Crippen molar-refractivity contribution < 1.29 is 13.2 Å². The van der Waals surface area contributed by atoms with E-state index in [0.29, 0.717) is 30.8 Å². The number of carbonyl (C=O) groups is 1. The topological polar surface area (TPSA) is 66.5 Å². The fourth-order valence-corrected chi connectivity index (χ4v) is 5.29. The number of benzene rings is 2. The molecule has 1 N–H and O–H groups in total. The van der Waals surface area contributed by atoms with Gasteiger partial charge in [-0.05, 0) is 49.9 Å². The quantitative estimate of drug-likeness (QED) is 0.800. The first-order valence-corrected chi connectivity index (χ1v) is 10.8. The first-order chi connectivity index (χ1) is 12.9. The number of hydrogen-bond acceptors (Lipinski definition) is 3. The molecule has 27 heavy (non-hydrogen) atoms. The van der Waals surface area contributed by atoms with Crippen LogP contribution in [0.15, 0.2) is 59.5 Å². The molecule has 0 aromatic heterocycles. The molecule has 0 radical (unpaired) electrons. The Morgan fingerprint density at radius 1 is 1.19 bits per heavy atom. The summed E-state index contributed by atoms with van der Waals surface area (Å²) in [5.74, 6) is -0.258. The monoisotopic (exact) mass is 406 g/mol. The average molecular weight is 407 g/mol. The van der Waals surface area contributed by atoms with Crippen molar-refractivity contribution in [3.05, 3.63) is 65.2 Å². The van der Waals surface area contributed by atoms with Gasteiger partial charge in [0.15, 0.2) is 0 Å². The Morgan fingerprint density at radius 3 is 2.56 bits per heavy atom. The van der Waals surface area contributed by atoms with Crippen molar-refractivity contribution in [1.82, 2.24) is 9.62 Å². The van der Waals surface area contributed by atoms with E-state index in [1.807, 2.05) is 31.2 Å². The maximum atomic E-state index is 12.9. The number of carbonyl (C=O) groups excluding carboxylic acids is 1. The van der Waals surface area contributed by atoms with E-state index < -0.39 is 16.1 Å². The summed E-state index contributed by atoms with van der Waals surface area (Å²) in [6, 6.07) is 14.9. The van der Waals surface area contributed by atoms with Gasteiger partial charge in [-0.2, -0.15) is 4.31 Å². The standard InChI is InChI=1S/C20H23ClN2O3S/c1-15(14-16-8-5-6-11-18(16)21)22-20(24)19-12-7-13-23(19)27(25,26)17-9-3-2-4-10-17/h2-6,8-11,15,19H,7,12-14H2,1H3,(H,22,24)/t15-,19+/m0/s1. The lowest BCUT2D eigenvalue weighted by atomic mass is 10.1. The minimum Gasteiger partial charge on any atom is -0.352 e. The van der Waals surface area contributed by atoms with E-state index in [1.54, 1.807) is 30.3 Å². The molecule has 1 aliphatic rings. The third kappa shape index (κ3) is 4.51. The van der Waals surface area contributed by atoms with Gasteiger partial charge in [0, 0.05) is 17.6 Å². The molecule has 3 rings (SSSR count). The minimum atomic E-state index is -3.68. The maximum Gasteiger partial charge on any atom is 0.243 e. The number of amides is 1. The second kappa shape index (κ2) is 8.42. The zero-order valence-electron chi connectivity index (χ0n) is 15.1. The number of nitrogens with one attached hydrogen (secondary N) is 1. The number of halogens is 1. The first-order valence-electron chi connectivity index (χ1n) is 9.00. The van der Waals surface area contributed by atoms with Crippen molar-refractivity contribution in [3.8, 4) is 0 Å². The molecular formula is C20H23ClN2O3S. The lowest BCUT2D eigenvalue weighted by Gasteiger charge is -2.25. The molecule has 1 amide bonds. The van der Waals surface area contributed by atoms with E-state index in [1.165, 1.54) is 4.31 Å². The summed E-state index contributed by atoms with van der Waals surface area (Å²) < 4.78 is 27.1. The molecule has 0 saturated carbocycles. The highest BCUT2D eigenvalue weighted by atomic mass is 35.5. The number of nitrogens with zero attached hydrogens (tertiary/aromatic N) is 1. The molecule has 0 aliphatic carbocycles. The molecule has 2 aromatic rings. The van der Waals surface area contributed by atoms with E-state index in [-0.39, 0.29) is 16.8 Å². The molecule has 2 aromatic carbocycles. The van der Waals surface area contributed by atoms with Crippen molar-refractivity contribution in [2.24, 2.45) is 0 Å². The third-order valence-corrected chi connectivity index (χ3v) is 7.02. The Kier molecular flexibility index (Phi) is 6.19. The molecular weight excluding hydrogens is 384 g/mol. The van der Waals surface area contributed by atoms with Crippen LogP contribution in [0.3, 0.4) is 0 Å². The largest absolute Gasteiger partial charge is 0.352 e. The predicted molar refractivity (Wildman–Crippen MR) is 106 cm³/mol. The van der Waals surface area contributed by atoms with E-state index >= 15 is 0 Å². The highest BCUT2D eigenvalue weighted by Crippen LogP contribution is 2.26. The maximum absolute atomic E-state index is 12.9. The van der Waals surface area contributed by atoms with Gasteiger partial charge in [-0.3, -0.25) is 4.79 Å². The molecule has 1 heterocycles. The van der Waals surface area contributed by atoms with E-state index in [9.17, 15) is 13.2 Å². The highest BCUT2D eigenvalue weighted by Gasteiger charge is 2.39. The van der Waals surface area contributed by atoms with Crippen molar-refractivity contribution >= 4 is 27.5 Å². The normalized spacial score (nSPS) is 19.0. The van der Waals surface area contributed by atoms with Crippen LogP contribution in [0.25, 0.3) is 0 Å². The van der Waals surface area contributed by atoms with Crippen LogP contribution in [0.5, 0.6) is 0 Å². The van der Waals surface area contributed by atoms with Gasteiger partial charge in [0.25, 0.3) is 0 Å². The molecule has 5 nitrogen and oxygen atoms in total. The van der Waals surface area contributed by atoms with Gasteiger partial charge in [-0.1, -0.05) is 48.0 Å². The molecule has 0 bridgehead atoms. The lowest BCUT2D eigenvalue weighted by Crippen LogP contribution is -2.48. The SMILES string of the molecule is C[C@@H](Cc1ccccc1Cl)NC(=O)[C@H]1CCCN1S(=O)(=O)c1ccccc1. The Hall–Kier alpha value is -1.89. The van der Waals surface area contributed by atoms with Crippen LogP contribution < -0.4 is 5.32 Å². The van der Waals surface area contributed by atoms with Gasteiger partial charge >= 0.3 is 0 Å². The molecule has 1 aliphatic heterocycles. The van der Waals surface area contributed by atoms with Gasteiger partial charge in [0.05, 0.1) is 4.90 Å². The van der Waals surface area contributed by atoms with Crippen molar-refractivity contribution in [1.29, 1.82) is 0 Å². The summed E-state index contributed by atoms with van der Waals surface area (Å²) in [7, 11) is -3.68. The van der Waals surface area contributed by atoms with Crippen LogP contribution in [0, 0.1) is 0 Å². The molecule has 0 unspecified atom stereocenters. The predicted octanol–water partition coefficient (Wildman–Crippen LogP) is 3.24. The highest BCUT2D eigenvalue weighted by molar-refractivity contribution is 7.89. The van der Waals surface area contributed by atoms with Gasteiger partial charge in [-0.25, -0.2) is 8.42 Å². The number of hydrogen-bond donors (Lipinski definition) is 1. The summed E-state index contributed by atoms with van der Waals surface area (Å²) in [4.78, 5) is 13.0. The van der Waals surface area contributed by atoms with E-state index in [0.717, 1.165) is 5.56 Å². The third-order valence-electron chi connectivity index (χ3n) is 4.73. The summed E-state index contributed by atoms with van der Waals surface area (Å²) in [5.41, 5.74) is 0.951. The van der Waals surface area contributed by atoms with Gasteiger partial charge in [0.2, 0.25) is 15.9 Å². The number of sulfonamides is 1. The molecule has 2 atom stereocenters. The lowest BCUT2D eigenvalue weighted by molar-refractivity contribution is -0.124. The summed E-state index contributed by atoms with van der Waals surface area (Å²) in [5, 5.41) is 3.61. The molecule has 144 valence electrons. The van der Waals surface area contributed by atoms with Crippen LogP contribution in [-0.2, 0) is 21.2 Å². The van der Waals surface area contributed by atoms with Crippen molar-refractivity contribution in [2.45, 2.75) is 43.2 Å². The number of rotatable bonds is 6. The van der Waals surface area contributed by atoms with Crippen LogP contribution >= 0.6 is 11.6 Å². The minimum absolute atomic E-state index is 0.153. The molecule has 1 fully saturated rings. The Bertz CT molecular complexity index is 902. The fraction of sp³-hybridized carbons (Fsp3) is 0.350. The Balaban J connectivity index is 1.69. The first kappa shape index (κ1) is 19.9. The van der Waals surface area contributed by atoms with Crippen molar-refractivity contribution in [2.75, 3.05) is 6.54 Å². The summed E-state index contributed by atoms with van der Waals surface area (Å²) in [6.45, 7) is 2.25. The Morgan fingerprint density at radius 2 is 1.85 bits per heavy atom. The van der Waals surface area contributed by atoms with Crippen LogP contribution in [-0.4, -0.2) is 37.3 Å². The second-order valence-corrected chi connectivity index (χ2v) is 9.09. The fourth-order valence-electron chi connectivity index (χ4n) is 3.40. The Labute approximate surface area is 165 Å². The average Bonchev–Trinajstić information content (AvgIpc) is 3.15. The summed E-state index contributed by atoms with van der Waals surface area (Å²) >= 11 is 6.18. The molecule has 1 saturated heterocycles. The summed E-state index contributed by atoms with van der Waals surface area (Å²) in [6.07, 6.45) is 1.78. The second-order valence-electron chi connectivity index (χ2n) is 6.79. The zero-order chi connectivity index (χ0) is 19.4. The van der Waals surface area contributed by atoms with Crippen LogP contribution in [0.2, 0.25) is 5.02 Å². The van der Waals surface area contributed by atoms with Gasteiger partial charge in [-0.15, -0.1) is 0 Å². The smallest absolute Gasteiger partial charge is 0.243 e. The van der Waals surface area contributed by atoms with Gasteiger partial charge < -0.3 is 5.32 Å². The van der Waals surface area contributed by atoms with Crippen LogP contribution in [0.4, 0.5) is 0 Å². The van der Waals surface area contributed by atoms with E-state index in [4.69, 9.17) is 11.6 Å². The molecule has 0 spiro atoms. The van der Waals surface area contributed by atoms with Crippen LogP contribution in [0.1, 0.15) is 25.3 Å². The zero-order valence-corrected chi connectivity index (χ0v) is 16.7.